The highest BCUT2D eigenvalue weighted by atomic mass is 35.5. The maximum atomic E-state index is 6.06. The fourth-order valence-electron chi connectivity index (χ4n) is 2.30. The minimum Gasteiger partial charge on any atom is -0.461 e. The van der Waals surface area contributed by atoms with Gasteiger partial charge in [0, 0.05) is 10.4 Å². The van der Waals surface area contributed by atoms with Crippen LogP contribution in [-0.4, -0.2) is 17.9 Å². The third-order valence-electron chi connectivity index (χ3n) is 3.15. The normalized spacial score (nSPS) is 17.9. The second-order valence-electron chi connectivity index (χ2n) is 5.35. The molecular formula is C14H15ClN2O. The van der Waals surface area contributed by atoms with Crippen molar-refractivity contribution in [1.82, 2.24) is 5.32 Å². The summed E-state index contributed by atoms with van der Waals surface area (Å²) in [6.45, 7) is 7.00. The maximum absolute atomic E-state index is 6.06. The number of benzene rings is 1. The molecule has 1 N–H and O–H groups in total. The zero-order chi connectivity index (χ0) is 12.9. The Kier molecular flexibility index (Phi) is 2.42. The summed E-state index contributed by atoms with van der Waals surface area (Å²) in [6.07, 6.45) is 0. The molecule has 0 aliphatic carbocycles. The number of nitrogens with one attached hydrogen (secondary N) is 1. The molecule has 4 heteroatoms. The summed E-state index contributed by atoms with van der Waals surface area (Å²) >= 11 is 6.06. The van der Waals surface area contributed by atoms with Gasteiger partial charge in [0.1, 0.15) is 17.2 Å². The average Bonchev–Trinajstić information content (AvgIpc) is 2.77. The van der Waals surface area contributed by atoms with Crippen LogP contribution >= 0.6 is 11.6 Å². The van der Waals surface area contributed by atoms with E-state index in [0.29, 0.717) is 5.02 Å². The van der Waals surface area contributed by atoms with Crippen molar-refractivity contribution >= 4 is 28.4 Å². The first kappa shape index (κ1) is 11.6. The van der Waals surface area contributed by atoms with Gasteiger partial charge >= 0.3 is 0 Å². The second-order valence-corrected chi connectivity index (χ2v) is 5.78. The molecule has 3 rings (SSSR count). The van der Waals surface area contributed by atoms with Crippen LogP contribution in [-0.2, 0) is 0 Å². The Morgan fingerprint density at radius 2 is 2.17 bits per heavy atom. The van der Waals surface area contributed by atoms with Gasteiger partial charge in [-0.1, -0.05) is 11.6 Å². The third-order valence-corrected chi connectivity index (χ3v) is 3.39. The molecule has 0 spiro atoms. The molecular weight excluding hydrogens is 248 g/mol. The monoisotopic (exact) mass is 262 g/mol. The zero-order valence-electron chi connectivity index (χ0n) is 10.7. The molecule has 1 aromatic heterocycles. The highest BCUT2D eigenvalue weighted by molar-refractivity contribution is 6.31. The Bertz CT molecular complexity index is 655. The molecule has 0 atom stereocenters. The lowest BCUT2D eigenvalue weighted by atomic mass is 10.1. The van der Waals surface area contributed by atoms with Crippen LogP contribution in [0.15, 0.2) is 27.6 Å². The van der Waals surface area contributed by atoms with Crippen LogP contribution in [0.4, 0.5) is 0 Å². The predicted molar refractivity (Wildman–Crippen MR) is 74.6 cm³/mol. The van der Waals surface area contributed by atoms with E-state index in [1.165, 1.54) is 0 Å². The number of fused-ring (bicyclic) bond motifs is 1. The van der Waals surface area contributed by atoms with E-state index in [-0.39, 0.29) is 5.54 Å². The molecule has 0 amide bonds. The number of nitrogens with zero attached hydrogens (tertiary/aromatic N) is 1. The van der Waals surface area contributed by atoms with Gasteiger partial charge in [0.15, 0.2) is 0 Å². The lowest BCUT2D eigenvalue weighted by Gasteiger charge is -2.18. The highest BCUT2D eigenvalue weighted by Crippen LogP contribution is 2.29. The molecule has 1 aliphatic rings. The number of hydrogen-bond donors (Lipinski definition) is 1. The van der Waals surface area contributed by atoms with E-state index < -0.39 is 0 Å². The van der Waals surface area contributed by atoms with Crippen molar-refractivity contribution < 1.29 is 4.42 Å². The van der Waals surface area contributed by atoms with Gasteiger partial charge in [0.2, 0.25) is 0 Å². The van der Waals surface area contributed by atoms with Crippen molar-refractivity contribution in [1.29, 1.82) is 0 Å². The standard InChI is InChI=1S/C14H15ClN2O/c1-8-12(13-16-7-14(2,3)17-13)10-6-9(15)4-5-11(10)18-8/h4-6H,7H2,1-3H3,(H,16,17). The second kappa shape index (κ2) is 3.75. The predicted octanol–water partition coefficient (Wildman–Crippen LogP) is 3.52. The van der Waals surface area contributed by atoms with E-state index >= 15 is 0 Å². The van der Waals surface area contributed by atoms with E-state index in [1.54, 1.807) is 0 Å². The minimum absolute atomic E-state index is 0.00391. The van der Waals surface area contributed by atoms with Crippen LogP contribution < -0.4 is 5.32 Å². The van der Waals surface area contributed by atoms with Gasteiger partial charge in [0.05, 0.1) is 17.6 Å². The molecule has 1 aromatic carbocycles. The number of hydrogen-bond acceptors (Lipinski definition) is 3. The molecule has 3 nitrogen and oxygen atoms in total. The number of rotatable bonds is 1. The van der Waals surface area contributed by atoms with Crippen LogP contribution in [0, 0.1) is 6.92 Å². The van der Waals surface area contributed by atoms with Crippen LogP contribution in [0.25, 0.3) is 11.0 Å². The van der Waals surface area contributed by atoms with Crippen LogP contribution in [0.1, 0.15) is 25.2 Å². The molecule has 2 heterocycles. The summed E-state index contributed by atoms with van der Waals surface area (Å²) < 4.78 is 5.76. The topological polar surface area (TPSA) is 37.5 Å². The zero-order valence-corrected chi connectivity index (χ0v) is 11.4. The van der Waals surface area contributed by atoms with E-state index in [4.69, 9.17) is 16.0 Å². The summed E-state index contributed by atoms with van der Waals surface area (Å²) in [5, 5.41) is 5.16. The van der Waals surface area contributed by atoms with Gasteiger partial charge in [-0.25, -0.2) is 0 Å². The molecule has 0 saturated carbocycles. The summed E-state index contributed by atoms with van der Waals surface area (Å²) in [7, 11) is 0. The first-order valence-electron chi connectivity index (χ1n) is 5.98. The molecule has 2 aromatic rings. The van der Waals surface area contributed by atoms with Gasteiger partial charge in [-0.05, 0) is 39.0 Å². The Hall–Kier alpha value is -1.48. The third kappa shape index (κ3) is 1.79. The van der Waals surface area contributed by atoms with Crippen molar-refractivity contribution in [2.45, 2.75) is 26.3 Å². The molecule has 1 aliphatic heterocycles. The molecule has 0 fully saturated rings. The van der Waals surface area contributed by atoms with Crippen LogP contribution in [0.5, 0.6) is 0 Å². The van der Waals surface area contributed by atoms with Crippen molar-refractivity contribution in [2.75, 3.05) is 6.54 Å². The Labute approximate surface area is 111 Å². The molecule has 0 saturated heterocycles. The molecule has 94 valence electrons. The summed E-state index contributed by atoms with van der Waals surface area (Å²) in [5.41, 5.74) is 1.88. The Morgan fingerprint density at radius 1 is 1.39 bits per heavy atom. The van der Waals surface area contributed by atoms with E-state index in [0.717, 1.165) is 34.7 Å². The lowest BCUT2D eigenvalue weighted by Crippen LogP contribution is -2.39. The Balaban J connectivity index is 2.17. The average molecular weight is 263 g/mol. The highest BCUT2D eigenvalue weighted by Gasteiger charge is 2.28. The van der Waals surface area contributed by atoms with Crippen molar-refractivity contribution in [3.8, 4) is 0 Å². The van der Waals surface area contributed by atoms with E-state index in [9.17, 15) is 0 Å². The van der Waals surface area contributed by atoms with Crippen LogP contribution in [0.3, 0.4) is 0 Å². The number of aryl methyl sites for hydroxylation is 1. The molecule has 0 radical (unpaired) electrons. The first-order chi connectivity index (χ1) is 8.46. The van der Waals surface area contributed by atoms with Crippen molar-refractivity contribution in [3.05, 3.63) is 34.5 Å². The summed E-state index contributed by atoms with van der Waals surface area (Å²) in [5.74, 6) is 1.77. The van der Waals surface area contributed by atoms with E-state index in [2.05, 4.69) is 24.2 Å². The van der Waals surface area contributed by atoms with Gasteiger partial charge in [-0.15, -0.1) is 0 Å². The fraction of sp³-hybridized carbons (Fsp3) is 0.357. The molecule has 0 bridgehead atoms. The largest absolute Gasteiger partial charge is 0.461 e. The lowest BCUT2D eigenvalue weighted by molar-refractivity contribution is 0.506. The smallest absolute Gasteiger partial charge is 0.135 e. The first-order valence-corrected chi connectivity index (χ1v) is 6.36. The Morgan fingerprint density at radius 3 is 2.83 bits per heavy atom. The van der Waals surface area contributed by atoms with Gasteiger partial charge < -0.3 is 9.73 Å². The van der Waals surface area contributed by atoms with Gasteiger partial charge in [0.25, 0.3) is 0 Å². The quantitative estimate of drug-likeness (QED) is 0.854. The number of halogens is 1. The number of amidine groups is 1. The van der Waals surface area contributed by atoms with Gasteiger partial charge in [-0.3, -0.25) is 4.99 Å². The van der Waals surface area contributed by atoms with Gasteiger partial charge in [-0.2, -0.15) is 0 Å². The SMILES string of the molecule is Cc1oc2ccc(Cl)cc2c1C1=NCC(C)(C)N1. The number of aliphatic imine (C=N–C) groups is 1. The molecule has 0 unspecified atom stereocenters. The maximum Gasteiger partial charge on any atom is 0.135 e. The minimum atomic E-state index is 0.00391. The summed E-state index contributed by atoms with van der Waals surface area (Å²) in [6, 6.07) is 5.66. The van der Waals surface area contributed by atoms with Crippen molar-refractivity contribution in [2.24, 2.45) is 4.99 Å². The van der Waals surface area contributed by atoms with E-state index in [1.807, 2.05) is 25.1 Å². The number of furan rings is 1. The molecule has 18 heavy (non-hydrogen) atoms. The summed E-state index contributed by atoms with van der Waals surface area (Å²) in [4.78, 5) is 4.57. The van der Waals surface area contributed by atoms with Crippen molar-refractivity contribution in [3.63, 3.8) is 0 Å². The van der Waals surface area contributed by atoms with Crippen LogP contribution in [0.2, 0.25) is 5.02 Å². The fourth-order valence-corrected chi connectivity index (χ4v) is 2.48.